The standard InChI is InChI=1S/C20H31N3O3S/c1-27(25,26)15-14-23-12-8-18(9-13-23)22-19(24)21-16-20(10-5-11-20)17-6-3-2-4-7-17/h2-4,6-7,18H,5,8-16H2,1H3,(H2,21,22,24). The Morgan fingerprint density at radius 3 is 2.41 bits per heavy atom. The average molecular weight is 394 g/mol. The third kappa shape index (κ3) is 5.69. The summed E-state index contributed by atoms with van der Waals surface area (Å²) in [4.78, 5) is 14.5. The van der Waals surface area contributed by atoms with Crippen molar-refractivity contribution in [3.8, 4) is 0 Å². The lowest BCUT2D eigenvalue weighted by molar-refractivity contribution is 0.192. The number of rotatable bonds is 7. The van der Waals surface area contributed by atoms with Crippen LogP contribution in [0.3, 0.4) is 0 Å². The third-order valence-corrected chi connectivity index (χ3v) is 6.91. The van der Waals surface area contributed by atoms with Gasteiger partial charge in [-0.3, -0.25) is 0 Å². The van der Waals surface area contributed by atoms with Crippen molar-refractivity contribution >= 4 is 15.9 Å². The van der Waals surface area contributed by atoms with Crippen molar-refractivity contribution in [2.45, 2.75) is 43.6 Å². The van der Waals surface area contributed by atoms with Crippen LogP contribution in [0.4, 0.5) is 4.79 Å². The first-order valence-electron chi connectivity index (χ1n) is 9.86. The molecule has 2 aliphatic rings. The number of carbonyl (C=O) groups is 1. The van der Waals surface area contributed by atoms with Gasteiger partial charge in [-0.1, -0.05) is 36.8 Å². The van der Waals surface area contributed by atoms with Crippen LogP contribution in [0.2, 0.25) is 0 Å². The van der Waals surface area contributed by atoms with E-state index >= 15 is 0 Å². The van der Waals surface area contributed by atoms with Gasteiger partial charge in [-0.2, -0.15) is 0 Å². The van der Waals surface area contributed by atoms with Crippen LogP contribution in [0.5, 0.6) is 0 Å². The van der Waals surface area contributed by atoms with E-state index in [1.54, 1.807) is 0 Å². The Kier molecular flexibility index (Phi) is 6.42. The van der Waals surface area contributed by atoms with E-state index in [0.717, 1.165) is 38.8 Å². The maximum atomic E-state index is 12.4. The largest absolute Gasteiger partial charge is 0.337 e. The molecule has 1 aromatic rings. The summed E-state index contributed by atoms with van der Waals surface area (Å²) in [7, 11) is -2.92. The van der Waals surface area contributed by atoms with Crippen LogP contribution in [-0.2, 0) is 15.3 Å². The summed E-state index contributed by atoms with van der Waals surface area (Å²) < 4.78 is 22.6. The van der Waals surface area contributed by atoms with E-state index in [-0.39, 0.29) is 23.2 Å². The van der Waals surface area contributed by atoms with E-state index in [2.05, 4.69) is 39.8 Å². The molecule has 0 spiro atoms. The SMILES string of the molecule is CS(=O)(=O)CCN1CCC(NC(=O)NCC2(c3ccccc3)CCC2)CC1. The first-order chi connectivity index (χ1) is 12.9. The minimum absolute atomic E-state index is 0.0909. The number of piperidine rings is 1. The molecule has 1 saturated heterocycles. The van der Waals surface area contributed by atoms with Crippen LogP contribution >= 0.6 is 0 Å². The fourth-order valence-electron chi connectivity index (χ4n) is 4.04. The Labute approximate surface area is 162 Å². The van der Waals surface area contributed by atoms with Gasteiger partial charge in [-0.05, 0) is 31.2 Å². The Morgan fingerprint density at radius 2 is 1.85 bits per heavy atom. The van der Waals surface area contributed by atoms with E-state index < -0.39 is 9.84 Å². The van der Waals surface area contributed by atoms with Crippen LogP contribution in [0.25, 0.3) is 0 Å². The lowest BCUT2D eigenvalue weighted by Gasteiger charge is -2.42. The molecule has 1 aliphatic carbocycles. The predicted molar refractivity (Wildman–Crippen MR) is 108 cm³/mol. The molecule has 150 valence electrons. The normalized spacial score (nSPS) is 20.6. The second-order valence-electron chi connectivity index (χ2n) is 8.07. The smallest absolute Gasteiger partial charge is 0.315 e. The summed E-state index contributed by atoms with van der Waals surface area (Å²) in [6.07, 6.45) is 6.45. The topological polar surface area (TPSA) is 78.5 Å². The van der Waals surface area contributed by atoms with Crippen molar-refractivity contribution in [2.75, 3.05) is 38.2 Å². The zero-order valence-corrected chi connectivity index (χ0v) is 16.9. The Hall–Kier alpha value is -1.60. The lowest BCUT2D eigenvalue weighted by atomic mass is 9.64. The number of carbonyl (C=O) groups excluding carboxylic acids is 1. The van der Waals surface area contributed by atoms with Crippen LogP contribution in [0.1, 0.15) is 37.7 Å². The Bertz CT molecular complexity index is 724. The Balaban J connectivity index is 1.40. The van der Waals surface area contributed by atoms with E-state index in [4.69, 9.17) is 0 Å². The highest BCUT2D eigenvalue weighted by molar-refractivity contribution is 7.90. The number of sulfone groups is 1. The molecule has 2 N–H and O–H groups in total. The maximum Gasteiger partial charge on any atom is 0.315 e. The van der Waals surface area contributed by atoms with Gasteiger partial charge in [0.05, 0.1) is 5.75 Å². The lowest BCUT2D eigenvalue weighted by Crippen LogP contribution is -2.52. The zero-order chi connectivity index (χ0) is 19.3. The number of benzene rings is 1. The fourth-order valence-corrected chi connectivity index (χ4v) is 4.63. The van der Waals surface area contributed by atoms with Crippen LogP contribution < -0.4 is 10.6 Å². The Morgan fingerprint density at radius 1 is 1.19 bits per heavy atom. The summed E-state index contributed by atoms with van der Waals surface area (Å²) in [6, 6.07) is 10.5. The minimum Gasteiger partial charge on any atom is -0.337 e. The van der Waals surface area contributed by atoms with Gasteiger partial charge in [0.1, 0.15) is 9.84 Å². The van der Waals surface area contributed by atoms with Crippen molar-refractivity contribution in [3.05, 3.63) is 35.9 Å². The summed E-state index contributed by atoms with van der Waals surface area (Å²) >= 11 is 0. The molecule has 27 heavy (non-hydrogen) atoms. The number of nitrogens with zero attached hydrogens (tertiary/aromatic N) is 1. The molecule has 1 heterocycles. The molecule has 0 aromatic heterocycles. The van der Waals surface area contributed by atoms with Crippen LogP contribution in [0, 0.1) is 0 Å². The summed E-state index contributed by atoms with van der Waals surface area (Å²) in [5.74, 6) is 0.202. The summed E-state index contributed by atoms with van der Waals surface area (Å²) in [6.45, 7) is 2.91. The molecule has 6 nitrogen and oxygen atoms in total. The molecule has 3 rings (SSSR count). The highest BCUT2D eigenvalue weighted by atomic mass is 32.2. The highest BCUT2D eigenvalue weighted by Gasteiger charge is 2.38. The predicted octanol–water partition coefficient (Wildman–Crippen LogP) is 1.92. The first-order valence-corrected chi connectivity index (χ1v) is 11.9. The van der Waals surface area contributed by atoms with Gasteiger partial charge >= 0.3 is 6.03 Å². The average Bonchev–Trinajstić information content (AvgIpc) is 2.60. The van der Waals surface area contributed by atoms with Gasteiger partial charge in [-0.25, -0.2) is 13.2 Å². The minimum atomic E-state index is -2.92. The van der Waals surface area contributed by atoms with Crippen molar-refractivity contribution in [2.24, 2.45) is 0 Å². The highest BCUT2D eigenvalue weighted by Crippen LogP contribution is 2.43. The molecular weight excluding hydrogens is 362 g/mol. The van der Waals surface area contributed by atoms with Gasteiger partial charge in [0.15, 0.2) is 0 Å². The molecule has 7 heteroatoms. The number of amides is 2. The summed E-state index contributed by atoms with van der Waals surface area (Å²) in [5.41, 5.74) is 1.41. The second-order valence-corrected chi connectivity index (χ2v) is 10.3. The number of hydrogen-bond acceptors (Lipinski definition) is 4. The van der Waals surface area contributed by atoms with Gasteiger partial charge in [0, 0.05) is 43.9 Å². The number of likely N-dealkylation sites (tertiary alicyclic amines) is 1. The number of nitrogens with one attached hydrogen (secondary N) is 2. The van der Waals surface area contributed by atoms with Gasteiger partial charge in [0.2, 0.25) is 0 Å². The molecule has 0 bridgehead atoms. The first kappa shape index (κ1) is 20.1. The number of urea groups is 1. The fraction of sp³-hybridized carbons (Fsp3) is 0.650. The monoisotopic (exact) mass is 393 g/mol. The van der Waals surface area contributed by atoms with Crippen LogP contribution in [0.15, 0.2) is 30.3 Å². The van der Waals surface area contributed by atoms with Gasteiger partial charge in [-0.15, -0.1) is 0 Å². The van der Waals surface area contributed by atoms with Gasteiger partial charge < -0.3 is 15.5 Å². The third-order valence-electron chi connectivity index (χ3n) is 5.99. The maximum absolute atomic E-state index is 12.4. The summed E-state index contributed by atoms with van der Waals surface area (Å²) in [5, 5.41) is 6.17. The molecule has 0 radical (unpaired) electrons. The van der Waals surface area contributed by atoms with E-state index in [1.807, 2.05) is 6.07 Å². The van der Waals surface area contributed by atoms with Crippen molar-refractivity contribution in [1.82, 2.24) is 15.5 Å². The second kappa shape index (κ2) is 8.61. The van der Waals surface area contributed by atoms with Crippen molar-refractivity contribution < 1.29 is 13.2 Å². The van der Waals surface area contributed by atoms with Crippen molar-refractivity contribution in [3.63, 3.8) is 0 Å². The molecule has 1 aromatic carbocycles. The van der Waals surface area contributed by atoms with Gasteiger partial charge in [0.25, 0.3) is 0 Å². The molecule has 1 aliphatic heterocycles. The molecule has 0 atom stereocenters. The molecule has 2 fully saturated rings. The molecule has 0 unspecified atom stereocenters. The molecule has 1 saturated carbocycles. The quantitative estimate of drug-likeness (QED) is 0.742. The van der Waals surface area contributed by atoms with Crippen molar-refractivity contribution in [1.29, 1.82) is 0 Å². The van der Waals surface area contributed by atoms with Crippen LogP contribution in [-0.4, -0.2) is 63.6 Å². The van der Waals surface area contributed by atoms with E-state index in [1.165, 1.54) is 18.2 Å². The van der Waals surface area contributed by atoms with E-state index in [0.29, 0.717) is 13.1 Å². The molecule has 2 amide bonds. The van der Waals surface area contributed by atoms with E-state index in [9.17, 15) is 13.2 Å². The molecular formula is C20H31N3O3S. The number of hydrogen-bond donors (Lipinski definition) is 2. The zero-order valence-electron chi connectivity index (χ0n) is 16.1.